The first-order chi connectivity index (χ1) is 13.2. The smallest absolute Gasteiger partial charge is 0.317 e. The Hall–Kier alpha value is -2.15. The molecule has 2 bridgehead atoms. The van der Waals surface area contributed by atoms with Gasteiger partial charge in [0.05, 0.1) is 30.0 Å². The molecule has 0 radical (unpaired) electrons. The minimum absolute atomic E-state index is 0.00600. The normalized spacial score (nSPS) is 28.4. The Morgan fingerprint density at radius 2 is 1.96 bits per heavy atom. The molecule has 146 valence electrons. The number of hydrogen-bond acceptors (Lipinski definition) is 4. The van der Waals surface area contributed by atoms with Crippen LogP contribution in [-0.2, 0) is 9.53 Å². The van der Waals surface area contributed by atoms with Gasteiger partial charge in [0.1, 0.15) is 0 Å². The molecule has 0 spiro atoms. The van der Waals surface area contributed by atoms with Gasteiger partial charge in [-0.3, -0.25) is 9.78 Å². The maximum absolute atomic E-state index is 12.7. The number of aromatic nitrogens is 1. The van der Waals surface area contributed by atoms with Gasteiger partial charge in [-0.25, -0.2) is 4.79 Å². The summed E-state index contributed by atoms with van der Waals surface area (Å²) in [5, 5.41) is 6.12. The van der Waals surface area contributed by atoms with Gasteiger partial charge in [-0.1, -0.05) is 25.7 Å². The number of fused-ring (bicyclic) bond motifs is 2. The fourth-order valence-corrected chi connectivity index (χ4v) is 4.46. The number of urea groups is 1. The summed E-state index contributed by atoms with van der Waals surface area (Å²) >= 11 is 0. The van der Waals surface area contributed by atoms with Crippen molar-refractivity contribution in [2.24, 2.45) is 5.92 Å². The van der Waals surface area contributed by atoms with Crippen LogP contribution in [0.25, 0.3) is 0 Å². The Bertz CT molecular complexity index is 660. The van der Waals surface area contributed by atoms with Gasteiger partial charge in [-0.2, -0.15) is 0 Å². The molecule has 2 saturated heterocycles. The average molecular weight is 372 g/mol. The minimum Gasteiger partial charge on any atom is -0.370 e. The molecule has 0 aromatic carbocycles. The zero-order valence-electron chi connectivity index (χ0n) is 15.6. The van der Waals surface area contributed by atoms with Gasteiger partial charge in [-0.05, 0) is 31.4 Å². The second kappa shape index (κ2) is 8.25. The fraction of sp³-hybridized carbons (Fsp3) is 0.650. The molecule has 3 heterocycles. The van der Waals surface area contributed by atoms with E-state index >= 15 is 0 Å². The molecule has 1 aromatic rings. The van der Waals surface area contributed by atoms with E-state index in [9.17, 15) is 9.59 Å². The summed E-state index contributed by atoms with van der Waals surface area (Å²) in [5.74, 6) is -0.285. The quantitative estimate of drug-likeness (QED) is 0.799. The standard InChI is InChI=1S/C20H28N4O3/c25-19(22-15-8-5-9-21-11-15)17-10-16-12-24(13-18(17)27-16)20(26)23-14-6-3-1-2-4-7-14/h5,8-9,11,14,16-18H,1-4,6-7,10,12-13H2,(H,22,25)(H,23,26)/t16-,17+,18-/m0/s1. The highest BCUT2D eigenvalue weighted by Crippen LogP contribution is 2.33. The Balaban J connectivity index is 1.33. The number of carbonyl (C=O) groups is 2. The number of morpholine rings is 1. The van der Waals surface area contributed by atoms with Crippen LogP contribution >= 0.6 is 0 Å². The molecular formula is C20H28N4O3. The largest absolute Gasteiger partial charge is 0.370 e. The van der Waals surface area contributed by atoms with Gasteiger partial charge < -0.3 is 20.3 Å². The third-order valence-electron chi connectivity index (χ3n) is 5.89. The number of likely N-dealkylation sites (tertiary alicyclic amines) is 1. The molecule has 3 amide bonds. The maximum atomic E-state index is 12.7. The zero-order chi connectivity index (χ0) is 18.6. The van der Waals surface area contributed by atoms with E-state index in [2.05, 4.69) is 15.6 Å². The fourth-order valence-electron chi connectivity index (χ4n) is 4.46. The second-order valence-electron chi connectivity index (χ2n) is 7.91. The third-order valence-corrected chi connectivity index (χ3v) is 5.89. The summed E-state index contributed by atoms with van der Waals surface area (Å²) in [6.45, 7) is 1.03. The van der Waals surface area contributed by atoms with Crippen LogP contribution < -0.4 is 10.6 Å². The van der Waals surface area contributed by atoms with Crippen LogP contribution in [0.1, 0.15) is 44.9 Å². The molecule has 0 unspecified atom stereocenters. The first-order valence-corrected chi connectivity index (χ1v) is 10.1. The Morgan fingerprint density at radius 3 is 2.70 bits per heavy atom. The highest BCUT2D eigenvalue weighted by Gasteiger charge is 2.45. The van der Waals surface area contributed by atoms with Crippen molar-refractivity contribution in [2.45, 2.75) is 63.2 Å². The van der Waals surface area contributed by atoms with Crippen molar-refractivity contribution in [3.63, 3.8) is 0 Å². The van der Waals surface area contributed by atoms with Crippen molar-refractivity contribution in [3.05, 3.63) is 24.5 Å². The number of carbonyl (C=O) groups excluding carboxylic acids is 2. The predicted octanol–water partition coefficient (Wildman–Crippen LogP) is 2.54. The lowest BCUT2D eigenvalue weighted by Gasteiger charge is -2.34. The number of nitrogens with one attached hydrogen (secondary N) is 2. The van der Waals surface area contributed by atoms with Gasteiger partial charge in [0.2, 0.25) is 5.91 Å². The molecule has 1 aliphatic carbocycles. The number of ether oxygens (including phenoxy) is 1. The van der Waals surface area contributed by atoms with E-state index < -0.39 is 0 Å². The monoisotopic (exact) mass is 372 g/mol. The van der Waals surface area contributed by atoms with E-state index in [1.807, 2.05) is 11.0 Å². The van der Waals surface area contributed by atoms with Gasteiger partial charge in [0.15, 0.2) is 0 Å². The molecule has 1 aromatic heterocycles. The second-order valence-corrected chi connectivity index (χ2v) is 7.91. The van der Waals surface area contributed by atoms with Crippen molar-refractivity contribution in [1.29, 1.82) is 0 Å². The number of rotatable bonds is 3. The summed E-state index contributed by atoms with van der Waals surface area (Å²) in [4.78, 5) is 31.2. The molecule has 1 saturated carbocycles. The third kappa shape index (κ3) is 4.40. The number of anilines is 1. The van der Waals surface area contributed by atoms with Gasteiger partial charge in [0.25, 0.3) is 0 Å². The van der Waals surface area contributed by atoms with Crippen molar-refractivity contribution in [1.82, 2.24) is 15.2 Å². The van der Waals surface area contributed by atoms with Crippen molar-refractivity contribution in [3.8, 4) is 0 Å². The molecule has 7 heteroatoms. The van der Waals surface area contributed by atoms with Crippen molar-refractivity contribution in [2.75, 3.05) is 18.4 Å². The van der Waals surface area contributed by atoms with Crippen LogP contribution in [0.4, 0.5) is 10.5 Å². The topological polar surface area (TPSA) is 83.6 Å². The lowest BCUT2D eigenvalue weighted by molar-refractivity contribution is -0.122. The summed E-state index contributed by atoms with van der Waals surface area (Å²) in [6.07, 6.45) is 10.7. The van der Waals surface area contributed by atoms with E-state index in [1.54, 1.807) is 18.5 Å². The van der Waals surface area contributed by atoms with Crippen molar-refractivity contribution >= 4 is 17.6 Å². The van der Waals surface area contributed by atoms with E-state index in [0.29, 0.717) is 25.2 Å². The van der Waals surface area contributed by atoms with Crippen LogP contribution in [0, 0.1) is 5.92 Å². The Kier molecular flexibility index (Phi) is 5.57. The van der Waals surface area contributed by atoms with E-state index in [1.165, 1.54) is 25.7 Å². The number of nitrogens with zero attached hydrogens (tertiary/aromatic N) is 2. The highest BCUT2D eigenvalue weighted by molar-refractivity contribution is 5.93. The van der Waals surface area contributed by atoms with Crippen molar-refractivity contribution < 1.29 is 14.3 Å². The van der Waals surface area contributed by atoms with E-state index in [-0.39, 0.29) is 36.1 Å². The lowest BCUT2D eigenvalue weighted by Crippen LogP contribution is -2.52. The summed E-state index contributed by atoms with van der Waals surface area (Å²) in [6, 6.07) is 3.89. The number of amides is 3. The molecule has 4 rings (SSSR count). The van der Waals surface area contributed by atoms with Crippen LogP contribution in [0.15, 0.2) is 24.5 Å². The first kappa shape index (κ1) is 18.2. The molecule has 2 N–H and O–H groups in total. The SMILES string of the molecule is O=C(Nc1cccnc1)[C@@H]1C[C@H]2CN(C(=O)NC3CCCCCC3)C[C@@H]1O2. The molecule has 3 atom stereocenters. The van der Waals surface area contributed by atoms with Gasteiger partial charge in [0, 0.05) is 25.3 Å². The van der Waals surface area contributed by atoms with Crippen LogP contribution in [0.2, 0.25) is 0 Å². The number of hydrogen-bond donors (Lipinski definition) is 2. The first-order valence-electron chi connectivity index (χ1n) is 10.1. The molecule has 27 heavy (non-hydrogen) atoms. The minimum atomic E-state index is -0.236. The predicted molar refractivity (Wildman–Crippen MR) is 101 cm³/mol. The van der Waals surface area contributed by atoms with E-state index in [4.69, 9.17) is 4.74 Å². The van der Waals surface area contributed by atoms with Crippen LogP contribution in [0.3, 0.4) is 0 Å². The lowest BCUT2D eigenvalue weighted by atomic mass is 9.99. The number of pyridine rings is 1. The maximum Gasteiger partial charge on any atom is 0.317 e. The van der Waals surface area contributed by atoms with Gasteiger partial charge in [-0.15, -0.1) is 0 Å². The van der Waals surface area contributed by atoms with Crippen LogP contribution in [-0.4, -0.2) is 53.2 Å². The molecule has 2 aliphatic heterocycles. The summed E-state index contributed by atoms with van der Waals surface area (Å²) in [5.41, 5.74) is 0.687. The van der Waals surface area contributed by atoms with Crippen LogP contribution in [0.5, 0.6) is 0 Å². The molecule has 3 aliphatic rings. The zero-order valence-corrected chi connectivity index (χ0v) is 15.6. The molecule has 3 fully saturated rings. The Morgan fingerprint density at radius 1 is 1.15 bits per heavy atom. The summed E-state index contributed by atoms with van der Waals surface area (Å²) in [7, 11) is 0. The molecule has 7 nitrogen and oxygen atoms in total. The van der Waals surface area contributed by atoms with E-state index in [0.717, 1.165) is 12.8 Å². The average Bonchev–Trinajstić information content (AvgIpc) is 2.84. The summed E-state index contributed by atoms with van der Waals surface area (Å²) < 4.78 is 5.96. The molecular weight excluding hydrogens is 344 g/mol. The highest BCUT2D eigenvalue weighted by atomic mass is 16.5. The van der Waals surface area contributed by atoms with Gasteiger partial charge >= 0.3 is 6.03 Å². The Labute approximate surface area is 159 Å².